The molecule has 0 atom stereocenters. The summed E-state index contributed by atoms with van der Waals surface area (Å²) in [5, 5.41) is 3.65. The predicted octanol–water partition coefficient (Wildman–Crippen LogP) is 4.38. The van der Waals surface area contributed by atoms with Crippen molar-refractivity contribution in [1.29, 1.82) is 0 Å². The van der Waals surface area contributed by atoms with E-state index < -0.39 is 0 Å². The minimum Gasteiger partial charge on any atom is -0.382 e. The van der Waals surface area contributed by atoms with E-state index in [9.17, 15) is 0 Å². The molecule has 0 unspecified atom stereocenters. The van der Waals surface area contributed by atoms with Crippen molar-refractivity contribution in [2.24, 2.45) is 0 Å². The Labute approximate surface area is 93.9 Å². The summed E-state index contributed by atoms with van der Waals surface area (Å²) in [6.07, 6.45) is 5.04. The summed E-state index contributed by atoms with van der Waals surface area (Å²) in [5.41, 5.74) is 2.64. The van der Waals surface area contributed by atoms with Crippen LogP contribution in [0, 0.1) is 6.92 Å². The highest BCUT2D eigenvalue weighted by atomic mass is 14.9. The number of aryl methyl sites for hydroxylation is 1. The molecular weight excluding hydrogens is 182 g/mol. The van der Waals surface area contributed by atoms with Gasteiger partial charge in [0.05, 0.1) is 0 Å². The van der Waals surface area contributed by atoms with Gasteiger partial charge in [0.15, 0.2) is 0 Å². The Morgan fingerprint density at radius 3 is 2.20 bits per heavy atom. The fraction of sp³-hybridized carbons (Fsp3) is 0.571. The molecule has 0 aromatic heterocycles. The van der Waals surface area contributed by atoms with Gasteiger partial charge in [-0.2, -0.15) is 0 Å². The average Bonchev–Trinajstić information content (AvgIpc) is 2.22. The quantitative estimate of drug-likeness (QED) is 0.727. The third kappa shape index (κ3) is 3.94. The van der Waals surface area contributed by atoms with Crippen LogP contribution < -0.4 is 5.32 Å². The Morgan fingerprint density at radius 2 is 1.67 bits per heavy atom. The lowest BCUT2D eigenvalue weighted by atomic mass is 10.1. The number of para-hydroxylation sites is 1. The monoisotopic (exact) mass is 205 g/mol. The number of rotatable bonds is 6. The van der Waals surface area contributed by atoms with Crippen LogP contribution in [0.1, 0.15) is 45.1 Å². The highest BCUT2D eigenvalue weighted by molar-refractivity contribution is 5.50. The van der Waals surface area contributed by atoms with E-state index in [1.165, 1.54) is 36.9 Å². The van der Waals surface area contributed by atoms with E-state index in [1.807, 2.05) is 0 Å². The Bertz CT molecular complexity index is 274. The van der Waals surface area contributed by atoms with E-state index in [-0.39, 0.29) is 0 Å². The summed E-state index contributed by atoms with van der Waals surface area (Å²) in [6.45, 7) is 6.67. The topological polar surface area (TPSA) is 12.0 Å². The van der Waals surface area contributed by atoms with Crippen LogP contribution >= 0.6 is 0 Å². The number of hydrogen-bond acceptors (Lipinski definition) is 1. The molecule has 0 saturated heterocycles. The first-order valence-corrected chi connectivity index (χ1v) is 6.10. The summed E-state index contributed by atoms with van der Waals surface area (Å²) in [5.74, 6) is 0. The molecule has 0 heterocycles. The summed E-state index contributed by atoms with van der Waals surface area (Å²) in [7, 11) is 0. The Hall–Kier alpha value is -0.980. The molecule has 15 heavy (non-hydrogen) atoms. The zero-order chi connectivity index (χ0) is 11.1. The van der Waals surface area contributed by atoms with E-state index >= 15 is 0 Å². The van der Waals surface area contributed by atoms with Gasteiger partial charge in [0.1, 0.15) is 0 Å². The van der Waals surface area contributed by atoms with Gasteiger partial charge in [-0.25, -0.2) is 0 Å². The summed E-state index contributed by atoms with van der Waals surface area (Å²) in [4.78, 5) is 0. The van der Waals surface area contributed by atoms with Crippen LogP contribution in [0.5, 0.6) is 0 Å². The van der Waals surface area contributed by atoms with Gasteiger partial charge in [-0.15, -0.1) is 0 Å². The van der Waals surface area contributed by atoms with Gasteiger partial charge in [0, 0.05) is 11.7 Å². The minimum absolute atomic E-state index is 0.640. The van der Waals surface area contributed by atoms with Crippen molar-refractivity contribution < 1.29 is 0 Å². The van der Waals surface area contributed by atoms with Crippen molar-refractivity contribution in [2.45, 2.75) is 52.5 Å². The molecule has 0 saturated carbocycles. The molecule has 0 aliphatic heterocycles. The van der Waals surface area contributed by atoms with Crippen LogP contribution in [-0.4, -0.2) is 6.04 Å². The van der Waals surface area contributed by atoms with Crippen LogP contribution in [0.25, 0.3) is 0 Å². The zero-order valence-electron chi connectivity index (χ0n) is 10.2. The van der Waals surface area contributed by atoms with Crippen LogP contribution in [0.15, 0.2) is 24.3 Å². The fourth-order valence-electron chi connectivity index (χ4n) is 1.94. The van der Waals surface area contributed by atoms with Crippen molar-refractivity contribution >= 4 is 5.69 Å². The minimum atomic E-state index is 0.640. The van der Waals surface area contributed by atoms with Gasteiger partial charge >= 0.3 is 0 Å². The molecule has 0 amide bonds. The molecule has 1 rings (SSSR count). The first kappa shape index (κ1) is 12.1. The maximum Gasteiger partial charge on any atom is 0.0372 e. The van der Waals surface area contributed by atoms with Gasteiger partial charge in [0.2, 0.25) is 0 Å². The third-order valence-electron chi connectivity index (χ3n) is 2.78. The van der Waals surface area contributed by atoms with E-state index in [0.717, 1.165) is 0 Å². The van der Waals surface area contributed by atoms with Crippen molar-refractivity contribution in [3.63, 3.8) is 0 Å². The molecule has 1 N–H and O–H groups in total. The molecule has 1 nitrogen and oxygen atoms in total. The van der Waals surface area contributed by atoms with Crippen LogP contribution in [0.3, 0.4) is 0 Å². The molecule has 0 aliphatic carbocycles. The summed E-state index contributed by atoms with van der Waals surface area (Å²) < 4.78 is 0. The number of benzene rings is 1. The number of anilines is 1. The van der Waals surface area contributed by atoms with Gasteiger partial charge in [-0.05, 0) is 31.4 Å². The largest absolute Gasteiger partial charge is 0.382 e. The van der Waals surface area contributed by atoms with Gasteiger partial charge in [-0.1, -0.05) is 44.9 Å². The van der Waals surface area contributed by atoms with Crippen molar-refractivity contribution in [3.8, 4) is 0 Å². The van der Waals surface area contributed by atoms with Crippen LogP contribution in [0.4, 0.5) is 5.69 Å². The first-order valence-electron chi connectivity index (χ1n) is 6.10. The molecule has 0 fully saturated rings. The highest BCUT2D eigenvalue weighted by Gasteiger charge is 2.06. The average molecular weight is 205 g/mol. The van der Waals surface area contributed by atoms with Crippen molar-refractivity contribution in [1.82, 2.24) is 0 Å². The molecule has 1 aromatic rings. The zero-order valence-corrected chi connectivity index (χ0v) is 10.2. The second kappa shape index (κ2) is 6.49. The number of nitrogens with one attached hydrogen (secondary N) is 1. The van der Waals surface area contributed by atoms with Crippen LogP contribution in [0.2, 0.25) is 0 Å². The fourth-order valence-corrected chi connectivity index (χ4v) is 1.94. The Kier molecular flexibility index (Phi) is 5.23. The maximum absolute atomic E-state index is 3.65. The van der Waals surface area contributed by atoms with Gasteiger partial charge in [0.25, 0.3) is 0 Å². The van der Waals surface area contributed by atoms with E-state index in [1.54, 1.807) is 0 Å². The molecule has 1 aromatic carbocycles. The molecule has 0 radical (unpaired) electrons. The van der Waals surface area contributed by atoms with Gasteiger partial charge < -0.3 is 5.32 Å². The van der Waals surface area contributed by atoms with Gasteiger partial charge in [-0.3, -0.25) is 0 Å². The predicted molar refractivity (Wildman–Crippen MR) is 68.4 cm³/mol. The van der Waals surface area contributed by atoms with Crippen molar-refractivity contribution in [2.75, 3.05) is 5.32 Å². The van der Waals surface area contributed by atoms with E-state index in [0.29, 0.717) is 6.04 Å². The Balaban J connectivity index is 2.60. The molecule has 0 spiro atoms. The Morgan fingerprint density at radius 1 is 1.07 bits per heavy atom. The smallest absolute Gasteiger partial charge is 0.0372 e. The lowest BCUT2D eigenvalue weighted by molar-refractivity contribution is 0.586. The standard InChI is InChI=1S/C14H23N/c1-4-8-13(9-5-2)15-14-11-7-6-10-12(14)3/h6-7,10-11,13,15H,4-5,8-9H2,1-3H3. The second-order valence-corrected chi connectivity index (χ2v) is 4.23. The lowest BCUT2D eigenvalue weighted by Crippen LogP contribution is -2.19. The summed E-state index contributed by atoms with van der Waals surface area (Å²) >= 11 is 0. The normalized spacial score (nSPS) is 10.7. The SMILES string of the molecule is CCCC(CCC)Nc1ccccc1C. The molecule has 0 bridgehead atoms. The third-order valence-corrected chi connectivity index (χ3v) is 2.78. The second-order valence-electron chi connectivity index (χ2n) is 4.23. The summed E-state index contributed by atoms with van der Waals surface area (Å²) in [6, 6.07) is 9.17. The molecular formula is C14H23N. The van der Waals surface area contributed by atoms with Crippen molar-refractivity contribution in [3.05, 3.63) is 29.8 Å². The first-order chi connectivity index (χ1) is 7.27. The van der Waals surface area contributed by atoms with E-state index in [2.05, 4.69) is 50.4 Å². The molecule has 84 valence electrons. The highest BCUT2D eigenvalue weighted by Crippen LogP contribution is 2.17. The van der Waals surface area contributed by atoms with E-state index in [4.69, 9.17) is 0 Å². The number of hydrogen-bond donors (Lipinski definition) is 1. The molecule has 0 aliphatic rings. The maximum atomic E-state index is 3.65. The molecule has 1 heteroatoms. The lowest BCUT2D eigenvalue weighted by Gasteiger charge is -2.20. The van der Waals surface area contributed by atoms with Crippen LogP contribution in [-0.2, 0) is 0 Å².